The molecule has 1 rings (SSSR count). The minimum atomic E-state index is -1.18. The van der Waals surface area contributed by atoms with Crippen LogP contribution in [0.4, 0.5) is 10.1 Å². The maximum absolute atomic E-state index is 12.9. The molecule has 6 heteroatoms. The summed E-state index contributed by atoms with van der Waals surface area (Å²) in [6.07, 6.45) is 2.28. The summed E-state index contributed by atoms with van der Waals surface area (Å²) in [4.78, 5) is 10.9. The lowest BCUT2D eigenvalue weighted by molar-refractivity contribution is 0.0697. The predicted molar refractivity (Wildman–Crippen MR) is 70.0 cm³/mol. The van der Waals surface area contributed by atoms with E-state index in [1.165, 1.54) is 12.1 Å². The van der Waals surface area contributed by atoms with Crippen LogP contribution in [0.15, 0.2) is 18.2 Å². The first kappa shape index (κ1) is 14.6. The number of halogens is 1. The monoisotopic (exact) mass is 273 g/mol. The highest BCUT2D eigenvalue weighted by molar-refractivity contribution is 7.84. The van der Waals surface area contributed by atoms with Crippen molar-refractivity contribution in [3.05, 3.63) is 29.6 Å². The van der Waals surface area contributed by atoms with E-state index >= 15 is 0 Å². The van der Waals surface area contributed by atoms with Crippen LogP contribution < -0.4 is 5.32 Å². The molecule has 2 atom stereocenters. The van der Waals surface area contributed by atoms with Gasteiger partial charge in [-0.05, 0) is 24.6 Å². The van der Waals surface area contributed by atoms with E-state index in [2.05, 4.69) is 5.32 Å². The molecular weight excluding hydrogens is 257 g/mol. The zero-order chi connectivity index (χ0) is 13.7. The molecule has 0 heterocycles. The normalized spacial score (nSPS) is 13.9. The summed E-state index contributed by atoms with van der Waals surface area (Å²) in [5.74, 6) is -1.76. The molecule has 0 saturated carbocycles. The zero-order valence-electron chi connectivity index (χ0n) is 10.3. The summed E-state index contributed by atoms with van der Waals surface area (Å²) < 4.78 is 24.1. The molecule has 4 nitrogen and oxygen atoms in total. The third-order valence-corrected chi connectivity index (χ3v) is 4.01. The average molecular weight is 273 g/mol. The Bertz CT molecular complexity index is 465. The number of benzene rings is 1. The largest absolute Gasteiger partial charge is 0.478 e. The first-order valence-corrected chi connectivity index (χ1v) is 7.13. The number of nitrogens with one attached hydrogen (secondary N) is 1. The summed E-state index contributed by atoms with van der Waals surface area (Å²) >= 11 is 0. The fourth-order valence-electron chi connectivity index (χ4n) is 1.42. The van der Waals surface area contributed by atoms with Crippen molar-refractivity contribution >= 4 is 22.5 Å². The van der Waals surface area contributed by atoms with Crippen molar-refractivity contribution in [3.8, 4) is 0 Å². The Hall–Kier alpha value is -1.43. The van der Waals surface area contributed by atoms with Crippen LogP contribution in [0.5, 0.6) is 0 Å². The van der Waals surface area contributed by atoms with Gasteiger partial charge in [-0.3, -0.25) is 4.21 Å². The maximum atomic E-state index is 12.9. The first-order valence-electron chi connectivity index (χ1n) is 5.50. The second-order valence-electron chi connectivity index (χ2n) is 4.02. The van der Waals surface area contributed by atoms with Gasteiger partial charge in [0, 0.05) is 34.5 Å². The molecule has 0 radical (unpaired) electrons. The Morgan fingerprint density at radius 1 is 1.56 bits per heavy atom. The third kappa shape index (κ3) is 4.10. The van der Waals surface area contributed by atoms with Gasteiger partial charge in [0.1, 0.15) is 5.82 Å². The van der Waals surface area contributed by atoms with E-state index < -0.39 is 22.6 Å². The quantitative estimate of drug-likeness (QED) is 0.833. The van der Waals surface area contributed by atoms with Crippen LogP contribution >= 0.6 is 0 Å². The van der Waals surface area contributed by atoms with Crippen molar-refractivity contribution in [1.29, 1.82) is 0 Å². The number of hydrogen-bond acceptors (Lipinski definition) is 3. The number of carbonyl (C=O) groups is 1. The standard InChI is InChI=1S/C12H16FNO3S/c1-8(18(2)17)5-6-14-11-4-3-9(13)7-10(11)12(15)16/h3-4,7-8,14H,5-6H2,1-2H3,(H,15,16). The smallest absolute Gasteiger partial charge is 0.337 e. The number of carboxylic acids is 1. The molecule has 1 aromatic carbocycles. The average Bonchev–Trinajstić information content (AvgIpc) is 2.30. The van der Waals surface area contributed by atoms with Crippen molar-refractivity contribution < 1.29 is 18.5 Å². The van der Waals surface area contributed by atoms with Gasteiger partial charge in [-0.25, -0.2) is 9.18 Å². The minimum Gasteiger partial charge on any atom is -0.478 e. The molecule has 0 bridgehead atoms. The summed E-state index contributed by atoms with van der Waals surface area (Å²) in [6, 6.07) is 3.58. The Labute approximate surface area is 108 Å². The molecule has 1 aromatic rings. The lowest BCUT2D eigenvalue weighted by Crippen LogP contribution is -2.16. The lowest BCUT2D eigenvalue weighted by Gasteiger charge is -2.12. The number of rotatable bonds is 6. The van der Waals surface area contributed by atoms with Crippen molar-refractivity contribution in [1.82, 2.24) is 0 Å². The fraction of sp³-hybridized carbons (Fsp3) is 0.417. The van der Waals surface area contributed by atoms with Crippen molar-refractivity contribution in [3.63, 3.8) is 0 Å². The van der Waals surface area contributed by atoms with E-state index in [9.17, 15) is 13.4 Å². The van der Waals surface area contributed by atoms with Crippen LogP contribution in [-0.4, -0.2) is 33.3 Å². The minimum absolute atomic E-state index is 0.0335. The number of aromatic carboxylic acids is 1. The van der Waals surface area contributed by atoms with Crippen molar-refractivity contribution in [2.24, 2.45) is 0 Å². The van der Waals surface area contributed by atoms with Gasteiger partial charge in [0.2, 0.25) is 0 Å². The highest BCUT2D eigenvalue weighted by atomic mass is 32.2. The first-order chi connectivity index (χ1) is 8.41. The molecule has 0 aliphatic carbocycles. The second kappa shape index (κ2) is 6.49. The van der Waals surface area contributed by atoms with Gasteiger partial charge in [0.25, 0.3) is 0 Å². The molecule has 0 aromatic heterocycles. The fourth-order valence-corrected chi connectivity index (χ4v) is 1.87. The van der Waals surface area contributed by atoms with Gasteiger partial charge in [-0.1, -0.05) is 6.92 Å². The molecule has 100 valence electrons. The van der Waals surface area contributed by atoms with Crippen molar-refractivity contribution in [2.45, 2.75) is 18.6 Å². The van der Waals surface area contributed by atoms with E-state index in [0.29, 0.717) is 18.7 Å². The summed E-state index contributed by atoms with van der Waals surface area (Å²) in [6.45, 7) is 2.35. The highest BCUT2D eigenvalue weighted by Gasteiger charge is 2.12. The summed E-state index contributed by atoms with van der Waals surface area (Å²) in [7, 11) is -0.902. The molecule has 2 N–H and O–H groups in total. The number of carboxylic acid groups (broad SMARTS) is 1. The van der Waals surface area contributed by atoms with Crippen LogP contribution in [0, 0.1) is 5.82 Å². The van der Waals surface area contributed by atoms with Crippen molar-refractivity contribution in [2.75, 3.05) is 18.1 Å². The SMILES string of the molecule is CC(CCNc1ccc(F)cc1C(=O)O)S(C)=O. The Morgan fingerprint density at radius 2 is 2.22 bits per heavy atom. The van der Waals surface area contributed by atoms with E-state index in [1.54, 1.807) is 6.26 Å². The van der Waals surface area contributed by atoms with Crippen LogP contribution in [0.2, 0.25) is 0 Å². The molecule has 0 aliphatic rings. The zero-order valence-corrected chi connectivity index (χ0v) is 11.1. The van der Waals surface area contributed by atoms with E-state index in [1.807, 2.05) is 6.92 Å². The molecular formula is C12H16FNO3S. The Morgan fingerprint density at radius 3 is 2.78 bits per heavy atom. The summed E-state index contributed by atoms with van der Waals surface area (Å²) in [5, 5.41) is 11.9. The topological polar surface area (TPSA) is 66.4 Å². The van der Waals surface area contributed by atoms with Crippen LogP contribution in [0.1, 0.15) is 23.7 Å². The molecule has 0 spiro atoms. The van der Waals surface area contributed by atoms with E-state index in [0.717, 1.165) is 6.07 Å². The predicted octanol–water partition coefficient (Wildman–Crippen LogP) is 2.09. The van der Waals surface area contributed by atoms with Gasteiger partial charge in [0.05, 0.1) is 5.56 Å². The lowest BCUT2D eigenvalue weighted by atomic mass is 10.1. The number of anilines is 1. The summed E-state index contributed by atoms with van der Waals surface area (Å²) in [5.41, 5.74) is 0.276. The second-order valence-corrected chi connectivity index (χ2v) is 5.82. The maximum Gasteiger partial charge on any atom is 0.337 e. The van der Waals surface area contributed by atoms with Gasteiger partial charge < -0.3 is 10.4 Å². The molecule has 0 fully saturated rings. The van der Waals surface area contributed by atoms with Crippen LogP contribution in [0.25, 0.3) is 0 Å². The van der Waals surface area contributed by atoms with E-state index in [-0.39, 0.29) is 10.8 Å². The van der Waals surface area contributed by atoms with Gasteiger partial charge in [-0.2, -0.15) is 0 Å². The molecule has 18 heavy (non-hydrogen) atoms. The highest BCUT2D eigenvalue weighted by Crippen LogP contribution is 2.17. The molecule has 2 unspecified atom stereocenters. The van der Waals surface area contributed by atoms with Gasteiger partial charge in [-0.15, -0.1) is 0 Å². The molecule has 0 amide bonds. The van der Waals surface area contributed by atoms with Crippen LogP contribution in [-0.2, 0) is 10.8 Å². The molecule has 0 saturated heterocycles. The third-order valence-electron chi connectivity index (χ3n) is 2.64. The Balaban J connectivity index is 2.67. The van der Waals surface area contributed by atoms with E-state index in [4.69, 9.17) is 5.11 Å². The van der Waals surface area contributed by atoms with Crippen LogP contribution in [0.3, 0.4) is 0 Å². The number of hydrogen-bond donors (Lipinski definition) is 2. The van der Waals surface area contributed by atoms with Gasteiger partial charge in [0.15, 0.2) is 0 Å². The Kier molecular flexibility index (Phi) is 5.27. The molecule has 0 aliphatic heterocycles. The van der Waals surface area contributed by atoms with Gasteiger partial charge >= 0.3 is 5.97 Å².